The van der Waals surface area contributed by atoms with Crippen molar-refractivity contribution in [2.75, 3.05) is 0 Å². The highest BCUT2D eigenvalue weighted by atomic mass is 16.4. The van der Waals surface area contributed by atoms with E-state index < -0.39 is 5.97 Å². The van der Waals surface area contributed by atoms with Gasteiger partial charge in [0.05, 0.1) is 5.56 Å². The molecule has 0 aliphatic rings. The van der Waals surface area contributed by atoms with Gasteiger partial charge < -0.3 is 5.11 Å². The molecule has 2 aromatic heterocycles. The van der Waals surface area contributed by atoms with Crippen molar-refractivity contribution in [3.8, 4) is 11.8 Å². The maximum atomic E-state index is 11.0. The molecule has 0 bridgehead atoms. The summed E-state index contributed by atoms with van der Waals surface area (Å²) in [4.78, 5) is 19.0. The average Bonchev–Trinajstić information content (AvgIpc) is 2.38. The second-order valence-corrected chi connectivity index (χ2v) is 3.63. The van der Waals surface area contributed by atoms with E-state index in [9.17, 15) is 4.79 Å². The fourth-order valence-corrected chi connectivity index (χ4v) is 1.46. The Balaban J connectivity index is 2.39. The monoisotopic (exact) mass is 238 g/mol. The Morgan fingerprint density at radius 1 is 1.28 bits per heavy atom. The van der Waals surface area contributed by atoms with Crippen LogP contribution in [0.1, 0.15) is 27.2 Å². The molecule has 2 rings (SSSR count). The zero-order valence-electron chi connectivity index (χ0n) is 9.71. The predicted octanol–water partition coefficient (Wildman–Crippen LogP) is 1.88. The molecule has 2 heterocycles. The molecule has 0 aliphatic carbocycles. The molecule has 4 nitrogen and oxygen atoms in total. The quantitative estimate of drug-likeness (QED) is 0.770. The van der Waals surface area contributed by atoms with Crippen molar-refractivity contribution in [1.82, 2.24) is 9.97 Å². The van der Waals surface area contributed by atoms with Crippen LogP contribution < -0.4 is 0 Å². The van der Waals surface area contributed by atoms with Crippen LogP contribution in [0.25, 0.3) is 0 Å². The molecule has 0 amide bonds. The number of hydrogen-bond acceptors (Lipinski definition) is 3. The molecule has 0 aromatic carbocycles. The normalized spacial score (nSPS) is 9.39. The minimum absolute atomic E-state index is 0.223. The Kier molecular flexibility index (Phi) is 3.35. The van der Waals surface area contributed by atoms with Gasteiger partial charge in [0.15, 0.2) is 0 Å². The van der Waals surface area contributed by atoms with Crippen molar-refractivity contribution in [2.24, 2.45) is 0 Å². The smallest absolute Gasteiger partial charge is 0.336 e. The number of carboxylic acids is 1. The summed E-state index contributed by atoms with van der Waals surface area (Å²) in [6.45, 7) is 1.70. The Bertz CT molecular complexity index is 640. The van der Waals surface area contributed by atoms with Crippen LogP contribution in [-0.2, 0) is 0 Å². The van der Waals surface area contributed by atoms with Gasteiger partial charge in [0.1, 0.15) is 5.69 Å². The predicted molar refractivity (Wildman–Crippen MR) is 66.2 cm³/mol. The van der Waals surface area contributed by atoms with Gasteiger partial charge in [0, 0.05) is 24.2 Å². The van der Waals surface area contributed by atoms with Crippen LogP contribution in [0, 0.1) is 18.8 Å². The molecule has 0 spiro atoms. The molecular weight excluding hydrogens is 228 g/mol. The maximum absolute atomic E-state index is 11.0. The third kappa shape index (κ3) is 2.53. The van der Waals surface area contributed by atoms with Crippen LogP contribution in [0.15, 0.2) is 36.8 Å². The van der Waals surface area contributed by atoms with Crippen molar-refractivity contribution in [3.63, 3.8) is 0 Å². The standard InChI is InChI=1S/C14H10N2O2/c1-10-12(14(17)18)6-8-16-13(10)5-4-11-3-2-7-15-9-11/h2-3,6-9H,1H3,(H,17,18). The molecule has 88 valence electrons. The average molecular weight is 238 g/mol. The number of aromatic carboxylic acids is 1. The van der Waals surface area contributed by atoms with Crippen molar-refractivity contribution >= 4 is 5.97 Å². The molecule has 2 aromatic rings. The molecule has 0 saturated heterocycles. The molecule has 4 heteroatoms. The van der Waals surface area contributed by atoms with E-state index in [1.54, 1.807) is 25.4 Å². The number of nitrogens with zero attached hydrogens (tertiary/aromatic N) is 2. The van der Waals surface area contributed by atoms with Crippen molar-refractivity contribution in [3.05, 3.63) is 59.2 Å². The fraction of sp³-hybridized carbons (Fsp3) is 0.0714. The lowest BCUT2D eigenvalue weighted by atomic mass is 10.1. The summed E-state index contributed by atoms with van der Waals surface area (Å²) in [7, 11) is 0. The van der Waals surface area contributed by atoms with E-state index in [2.05, 4.69) is 21.8 Å². The van der Waals surface area contributed by atoms with Gasteiger partial charge in [-0.05, 0) is 36.6 Å². The SMILES string of the molecule is Cc1c(C(=O)O)ccnc1C#Cc1cccnc1. The van der Waals surface area contributed by atoms with Crippen LogP contribution in [-0.4, -0.2) is 21.0 Å². The second kappa shape index (κ2) is 5.11. The highest BCUT2D eigenvalue weighted by molar-refractivity contribution is 5.89. The van der Waals surface area contributed by atoms with E-state index in [4.69, 9.17) is 5.11 Å². The number of carboxylic acid groups (broad SMARTS) is 1. The third-order valence-electron chi connectivity index (χ3n) is 2.42. The molecule has 0 unspecified atom stereocenters. The summed E-state index contributed by atoms with van der Waals surface area (Å²) in [6, 6.07) is 5.08. The van der Waals surface area contributed by atoms with Gasteiger partial charge in [-0.3, -0.25) is 4.98 Å². The summed E-state index contributed by atoms with van der Waals surface area (Å²) in [6.07, 6.45) is 4.76. The third-order valence-corrected chi connectivity index (χ3v) is 2.42. The topological polar surface area (TPSA) is 63.1 Å². The van der Waals surface area contributed by atoms with Gasteiger partial charge in [-0.25, -0.2) is 9.78 Å². The first-order valence-corrected chi connectivity index (χ1v) is 5.29. The van der Waals surface area contributed by atoms with Gasteiger partial charge in [-0.15, -0.1) is 0 Å². The zero-order valence-corrected chi connectivity index (χ0v) is 9.71. The molecule has 0 fully saturated rings. The number of pyridine rings is 2. The molecule has 0 saturated carbocycles. The number of rotatable bonds is 1. The van der Waals surface area contributed by atoms with Crippen LogP contribution in [0.5, 0.6) is 0 Å². The molecule has 0 aliphatic heterocycles. The first-order chi connectivity index (χ1) is 8.68. The molecule has 1 N–H and O–H groups in total. The summed E-state index contributed by atoms with van der Waals surface area (Å²) in [5, 5.41) is 8.99. The summed E-state index contributed by atoms with van der Waals surface area (Å²) >= 11 is 0. The van der Waals surface area contributed by atoms with Gasteiger partial charge in [0.25, 0.3) is 0 Å². The molecule has 0 radical (unpaired) electrons. The Morgan fingerprint density at radius 3 is 2.78 bits per heavy atom. The summed E-state index contributed by atoms with van der Waals surface area (Å²) in [5.41, 5.74) is 2.03. The first-order valence-electron chi connectivity index (χ1n) is 5.29. The van der Waals surface area contributed by atoms with E-state index in [0.29, 0.717) is 11.3 Å². The van der Waals surface area contributed by atoms with Gasteiger partial charge in [0.2, 0.25) is 0 Å². The lowest BCUT2D eigenvalue weighted by Crippen LogP contribution is -2.02. The Labute approximate surface area is 104 Å². The van der Waals surface area contributed by atoms with Crippen LogP contribution >= 0.6 is 0 Å². The summed E-state index contributed by atoms with van der Waals surface area (Å²) < 4.78 is 0. The summed E-state index contributed by atoms with van der Waals surface area (Å²) in [5.74, 6) is 4.79. The number of aromatic nitrogens is 2. The zero-order chi connectivity index (χ0) is 13.0. The Hall–Kier alpha value is -2.67. The molecular formula is C14H10N2O2. The fourth-order valence-electron chi connectivity index (χ4n) is 1.46. The van der Waals surface area contributed by atoms with Gasteiger partial charge in [-0.2, -0.15) is 0 Å². The van der Waals surface area contributed by atoms with E-state index in [1.807, 2.05) is 6.07 Å². The minimum atomic E-state index is -0.973. The van der Waals surface area contributed by atoms with Crippen molar-refractivity contribution < 1.29 is 9.90 Å². The molecule has 0 atom stereocenters. The first kappa shape index (κ1) is 11.8. The van der Waals surface area contributed by atoms with Crippen molar-refractivity contribution in [1.29, 1.82) is 0 Å². The van der Waals surface area contributed by atoms with Crippen LogP contribution in [0.4, 0.5) is 0 Å². The van der Waals surface area contributed by atoms with E-state index in [0.717, 1.165) is 5.56 Å². The number of hydrogen-bond donors (Lipinski definition) is 1. The highest BCUT2D eigenvalue weighted by Crippen LogP contribution is 2.10. The van der Waals surface area contributed by atoms with Gasteiger partial charge >= 0.3 is 5.97 Å². The Morgan fingerprint density at radius 2 is 2.11 bits per heavy atom. The lowest BCUT2D eigenvalue weighted by molar-refractivity contribution is 0.0696. The van der Waals surface area contributed by atoms with E-state index >= 15 is 0 Å². The second-order valence-electron chi connectivity index (χ2n) is 3.63. The maximum Gasteiger partial charge on any atom is 0.336 e. The molecule has 18 heavy (non-hydrogen) atoms. The van der Waals surface area contributed by atoms with Crippen molar-refractivity contribution in [2.45, 2.75) is 6.92 Å². The van der Waals surface area contributed by atoms with Crippen LogP contribution in [0.3, 0.4) is 0 Å². The minimum Gasteiger partial charge on any atom is -0.478 e. The lowest BCUT2D eigenvalue weighted by Gasteiger charge is -2.01. The van der Waals surface area contributed by atoms with Gasteiger partial charge in [-0.1, -0.05) is 5.92 Å². The van der Waals surface area contributed by atoms with E-state index in [-0.39, 0.29) is 5.56 Å². The highest BCUT2D eigenvalue weighted by Gasteiger charge is 2.09. The largest absolute Gasteiger partial charge is 0.478 e. The van der Waals surface area contributed by atoms with Crippen LogP contribution in [0.2, 0.25) is 0 Å². The number of carbonyl (C=O) groups is 1. The van der Waals surface area contributed by atoms with E-state index in [1.165, 1.54) is 12.3 Å².